The van der Waals surface area contributed by atoms with Gasteiger partial charge in [-0.05, 0) is 48.1 Å². The van der Waals surface area contributed by atoms with E-state index in [2.05, 4.69) is 13.8 Å². The van der Waals surface area contributed by atoms with Crippen LogP contribution in [0.15, 0.2) is 35.7 Å². The van der Waals surface area contributed by atoms with Gasteiger partial charge in [0.2, 0.25) is 5.78 Å². The number of hydrogen-bond donors (Lipinski definition) is 0. The highest BCUT2D eigenvalue weighted by atomic mass is 32.1. The van der Waals surface area contributed by atoms with Gasteiger partial charge in [0.05, 0.1) is 11.5 Å². The second-order valence-electron chi connectivity index (χ2n) is 4.33. The van der Waals surface area contributed by atoms with Crippen LogP contribution in [0.5, 0.6) is 5.75 Å². The third kappa shape index (κ3) is 3.24. The van der Waals surface area contributed by atoms with Gasteiger partial charge in [0.1, 0.15) is 5.75 Å². The molecule has 19 heavy (non-hydrogen) atoms. The minimum Gasteiger partial charge on any atom is -0.493 e. The molecule has 0 radical (unpaired) electrons. The summed E-state index contributed by atoms with van der Waals surface area (Å²) in [5.41, 5.74) is 1.83. The number of benzene rings is 1. The molecule has 100 valence electrons. The number of thiophene rings is 1. The Hall–Kier alpha value is -1.61. The van der Waals surface area contributed by atoms with Crippen molar-refractivity contribution in [2.45, 2.75) is 26.7 Å². The van der Waals surface area contributed by atoms with E-state index >= 15 is 0 Å². The highest BCUT2D eigenvalue weighted by molar-refractivity contribution is 7.12. The van der Waals surface area contributed by atoms with Crippen LogP contribution >= 0.6 is 11.3 Å². The van der Waals surface area contributed by atoms with Crippen LogP contribution in [-0.4, -0.2) is 12.4 Å². The number of carbonyl (C=O) groups is 1. The van der Waals surface area contributed by atoms with Crippen molar-refractivity contribution in [3.63, 3.8) is 0 Å². The monoisotopic (exact) mass is 274 g/mol. The Morgan fingerprint density at radius 3 is 2.74 bits per heavy atom. The smallest absolute Gasteiger partial charge is 0.202 e. The Morgan fingerprint density at radius 1 is 1.26 bits per heavy atom. The molecular formula is C16H18O2S. The average molecular weight is 274 g/mol. The van der Waals surface area contributed by atoms with Gasteiger partial charge in [-0.15, -0.1) is 11.3 Å². The van der Waals surface area contributed by atoms with Crippen LogP contribution in [0.25, 0.3) is 0 Å². The van der Waals surface area contributed by atoms with Crippen molar-refractivity contribution in [1.29, 1.82) is 0 Å². The lowest BCUT2D eigenvalue weighted by Crippen LogP contribution is -2.03. The van der Waals surface area contributed by atoms with E-state index in [1.165, 1.54) is 11.3 Å². The first-order valence-electron chi connectivity index (χ1n) is 6.60. The van der Waals surface area contributed by atoms with Crippen molar-refractivity contribution in [2.75, 3.05) is 6.61 Å². The Labute approximate surface area is 118 Å². The highest BCUT2D eigenvalue weighted by Gasteiger charge is 2.12. The largest absolute Gasteiger partial charge is 0.493 e. The van der Waals surface area contributed by atoms with Crippen LogP contribution < -0.4 is 4.74 Å². The zero-order valence-electron chi connectivity index (χ0n) is 11.3. The molecular weight excluding hydrogens is 256 g/mol. The minimum absolute atomic E-state index is 0.0896. The number of rotatable bonds is 6. The van der Waals surface area contributed by atoms with E-state index in [1.807, 2.05) is 35.7 Å². The molecule has 2 rings (SSSR count). The Bertz CT molecular complexity index is 544. The first-order chi connectivity index (χ1) is 9.26. The van der Waals surface area contributed by atoms with Gasteiger partial charge in [0, 0.05) is 5.56 Å². The average Bonchev–Trinajstić information content (AvgIpc) is 2.98. The molecule has 2 nitrogen and oxygen atoms in total. The van der Waals surface area contributed by atoms with Gasteiger partial charge in [-0.1, -0.05) is 19.9 Å². The molecule has 0 spiro atoms. The first kappa shape index (κ1) is 13.8. The fourth-order valence-electron chi connectivity index (χ4n) is 1.90. The van der Waals surface area contributed by atoms with Crippen molar-refractivity contribution in [1.82, 2.24) is 0 Å². The van der Waals surface area contributed by atoms with E-state index in [0.717, 1.165) is 34.6 Å². The van der Waals surface area contributed by atoms with Gasteiger partial charge in [0.15, 0.2) is 0 Å². The van der Waals surface area contributed by atoms with Crippen molar-refractivity contribution < 1.29 is 9.53 Å². The third-order valence-electron chi connectivity index (χ3n) is 2.91. The van der Waals surface area contributed by atoms with E-state index in [0.29, 0.717) is 6.61 Å². The van der Waals surface area contributed by atoms with Crippen molar-refractivity contribution >= 4 is 17.1 Å². The van der Waals surface area contributed by atoms with Gasteiger partial charge < -0.3 is 4.74 Å². The normalized spacial score (nSPS) is 10.4. The predicted molar refractivity (Wildman–Crippen MR) is 79.4 cm³/mol. The molecule has 0 bridgehead atoms. The van der Waals surface area contributed by atoms with Crippen LogP contribution in [0, 0.1) is 0 Å². The second kappa shape index (κ2) is 6.53. The molecule has 0 fully saturated rings. The Balaban J connectivity index is 2.26. The summed E-state index contributed by atoms with van der Waals surface area (Å²) >= 11 is 1.48. The van der Waals surface area contributed by atoms with Gasteiger partial charge in [-0.3, -0.25) is 4.79 Å². The molecule has 1 aromatic heterocycles. The van der Waals surface area contributed by atoms with Gasteiger partial charge in [0.25, 0.3) is 0 Å². The molecule has 0 aliphatic heterocycles. The number of hydrogen-bond acceptors (Lipinski definition) is 3. The number of aryl methyl sites for hydroxylation is 1. The minimum atomic E-state index is 0.0896. The maximum absolute atomic E-state index is 12.3. The van der Waals surface area contributed by atoms with Crippen molar-refractivity contribution in [3.05, 3.63) is 51.7 Å². The van der Waals surface area contributed by atoms with Crippen LogP contribution in [-0.2, 0) is 6.42 Å². The summed E-state index contributed by atoms with van der Waals surface area (Å²) in [6.45, 7) is 4.87. The molecule has 0 N–H and O–H groups in total. The van der Waals surface area contributed by atoms with E-state index in [9.17, 15) is 4.79 Å². The first-order valence-corrected chi connectivity index (χ1v) is 7.48. The van der Waals surface area contributed by atoms with Crippen molar-refractivity contribution in [3.8, 4) is 5.75 Å². The van der Waals surface area contributed by atoms with E-state index in [1.54, 1.807) is 0 Å². The summed E-state index contributed by atoms with van der Waals surface area (Å²) in [5, 5.41) is 1.92. The van der Waals surface area contributed by atoms with Crippen molar-refractivity contribution in [2.24, 2.45) is 0 Å². The zero-order chi connectivity index (χ0) is 13.7. The molecule has 0 unspecified atom stereocenters. The van der Waals surface area contributed by atoms with E-state index in [4.69, 9.17) is 4.74 Å². The molecule has 0 aliphatic rings. The summed E-state index contributed by atoms with van der Waals surface area (Å²) in [4.78, 5) is 13.1. The molecule has 0 saturated carbocycles. The molecule has 2 aromatic rings. The molecule has 1 heterocycles. The van der Waals surface area contributed by atoms with E-state index < -0.39 is 0 Å². The maximum atomic E-state index is 12.3. The lowest BCUT2D eigenvalue weighted by molar-refractivity contribution is 0.104. The fourth-order valence-corrected chi connectivity index (χ4v) is 2.59. The lowest BCUT2D eigenvalue weighted by atomic mass is 10.0. The van der Waals surface area contributed by atoms with Crippen LogP contribution in [0.3, 0.4) is 0 Å². The Morgan fingerprint density at radius 2 is 2.11 bits per heavy atom. The molecule has 0 atom stereocenters. The summed E-state index contributed by atoms with van der Waals surface area (Å²) < 4.78 is 5.69. The standard InChI is InChI=1S/C16H18O2S/c1-3-9-18-14-8-7-13(11-12(14)4-2)16(17)15-6-5-10-19-15/h5-8,10-11H,3-4,9H2,1-2H3. The quantitative estimate of drug-likeness (QED) is 0.733. The topological polar surface area (TPSA) is 26.3 Å². The number of ether oxygens (including phenoxy) is 1. The highest BCUT2D eigenvalue weighted by Crippen LogP contribution is 2.23. The summed E-state index contributed by atoms with van der Waals surface area (Å²) in [7, 11) is 0. The molecule has 0 amide bonds. The molecule has 3 heteroatoms. The number of carbonyl (C=O) groups excluding carboxylic acids is 1. The van der Waals surface area contributed by atoms with Gasteiger partial charge in [-0.25, -0.2) is 0 Å². The SMILES string of the molecule is CCCOc1ccc(C(=O)c2cccs2)cc1CC. The zero-order valence-corrected chi connectivity index (χ0v) is 12.1. The van der Waals surface area contributed by atoms with Crippen LogP contribution in [0.1, 0.15) is 41.1 Å². The Kier molecular flexibility index (Phi) is 4.74. The summed E-state index contributed by atoms with van der Waals surface area (Å²) in [5.74, 6) is 0.985. The van der Waals surface area contributed by atoms with E-state index in [-0.39, 0.29) is 5.78 Å². The molecule has 0 aliphatic carbocycles. The fraction of sp³-hybridized carbons (Fsp3) is 0.312. The predicted octanol–water partition coefficient (Wildman–Crippen LogP) is 4.33. The number of ketones is 1. The molecule has 1 aromatic carbocycles. The van der Waals surface area contributed by atoms with Gasteiger partial charge in [-0.2, -0.15) is 0 Å². The second-order valence-corrected chi connectivity index (χ2v) is 5.28. The van der Waals surface area contributed by atoms with Crippen LogP contribution in [0.4, 0.5) is 0 Å². The van der Waals surface area contributed by atoms with Crippen LogP contribution in [0.2, 0.25) is 0 Å². The summed E-state index contributed by atoms with van der Waals surface area (Å²) in [6, 6.07) is 9.48. The molecule has 0 saturated heterocycles. The maximum Gasteiger partial charge on any atom is 0.202 e. The lowest BCUT2D eigenvalue weighted by Gasteiger charge is -2.11. The third-order valence-corrected chi connectivity index (χ3v) is 3.78. The van der Waals surface area contributed by atoms with Gasteiger partial charge >= 0.3 is 0 Å². The summed E-state index contributed by atoms with van der Waals surface area (Å²) in [6.07, 6.45) is 1.85.